The van der Waals surface area contributed by atoms with Crippen LogP contribution in [-0.4, -0.2) is 0 Å². The molecule has 0 aliphatic carbocycles. The van der Waals surface area contributed by atoms with Crippen molar-refractivity contribution in [3.63, 3.8) is 0 Å². The molecule has 0 heterocycles. The minimum Gasteiger partial charge on any atom is -0.193 e. The van der Waals surface area contributed by atoms with E-state index in [1.807, 2.05) is 19.9 Å². The molecule has 0 fully saturated rings. The van der Waals surface area contributed by atoms with Gasteiger partial charge in [-0.15, -0.1) is 0 Å². The number of nitrogens with zero attached hydrogens (tertiary/aromatic N) is 1. The third kappa shape index (κ3) is 3.05. The van der Waals surface area contributed by atoms with Crippen LogP contribution in [0.15, 0.2) is 11.6 Å². The van der Waals surface area contributed by atoms with Crippen LogP contribution in [0.5, 0.6) is 0 Å². The van der Waals surface area contributed by atoms with E-state index in [2.05, 4.69) is 0 Å². The van der Waals surface area contributed by atoms with E-state index in [-0.39, 0.29) is 0 Å². The summed E-state index contributed by atoms with van der Waals surface area (Å²) in [6, 6.07) is 1.96. The molecule has 1 nitrogen and oxygen atoms in total. The number of rotatable bonds is 1. The van der Waals surface area contributed by atoms with Gasteiger partial charge in [0.25, 0.3) is 0 Å². The Bertz CT molecular complexity index is 106. The molecule has 38 valence electrons. The van der Waals surface area contributed by atoms with Gasteiger partial charge in [-0.2, -0.15) is 5.26 Å². The molecule has 0 saturated heterocycles. The molecule has 0 unspecified atom stereocenters. The molecule has 0 aromatic carbocycles. The first kappa shape index (κ1) is 6.23. The van der Waals surface area contributed by atoms with E-state index in [4.69, 9.17) is 5.26 Å². The molecule has 0 N–H and O–H groups in total. The second-order valence-corrected chi connectivity index (χ2v) is 1.47. The molecule has 0 spiro atoms. The molecule has 7 heavy (non-hydrogen) atoms. The summed E-state index contributed by atoms with van der Waals surface area (Å²) in [5.74, 6) is 0. The second-order valence-electron chi connectivity index (χ2n) is 1.47. The smallest absolute Gasteiger partial charge is 0.0911 e. The Balaban J connectivity index is 3.56. The maximum absolute atomic E-state index is 8.04. The zero-order valence-corrected chi connectivity index (χ0v) is 4.73. The van der Waals surface area contributed by atoms with Gasteiger partial charge in [0.05, 0.1) is 6.07 Å². The highest BCUT2D eigenvalue weighted by atomic mass is 14.2. The average Bonchev–Trinajstić information content (AvgIpc) is 1.68. The molecule has 0 rings (SSSR count). The maximum atomic E-state index is 8.04. The average molecular weight is 95.1 g/mol. The lowest BCUT2D eigenvalue weighted by atomic mass is 10.2. The van der Waals surface area contributed by atoms with Crippen molar-refractivity contribution in [1.29, 1.82) is 5.26 Å². The predicted octanol–water partition coefficient (Wildman–Crippen LogP) is 1.87. The Hall–Kier alpha value is -0.770. The summed E-state index contributed by atoms with van der Waals surface area (Å²) in [6.07, 6.45) is 2.55. The van der Waals surface area contributed by atoms with Crippen LogP contribution in [0.2, 0.25) is 0 Å². The van der Waals surface area contributed by atoms with E-state index in [1.165, 1.54) is 0 Å². The lowest BCUT2D eigenvalue weighted by molar-refractivity contribution is 1.10. The van der Waals surface area contributed by atoms with Crippen LogP contribution in [0.1, 0.15) is 20.3 Å². The molecule has 0 aliphatic heterocycles. The van der Waals surface area contributed by atoms with E-state index in [9.17, 15) is 0 Å². The fourth-order valence-electron chi connectivity index (χ4n) is 0.212. The summed E-state index contributed by atoms with van der Waals surface area (Å²) < 4.78 is 0. The van der Waals surface area contributed by atoms with Crippen LogP contribution in [0.25, 0.3) is 0 Å². The van der Waals surface area contributed by atoms with Gasteiger partial charge in [-0.3, -0.25) is 0 Å². The monoisotopic (exact) mass is 95.1 g/mol. The standard InChI is InChI=1S/C6H9N/c1-3-6(2)4-5-7/h4H,3H2,1-2H3. The van der Waals surface area contributed by atoms with Crippen molar-refractivity contribution in [2.24, 2.45) is 0 Å². The van der Waals surface area contributed by atoms with E-state index < -0.39 is 0 Å². The van der Waals surface area contributed by atoms with Gasteiger partial charge in [0.2, 0.25) is 0 Å². The molecule has 1 heteroatoms. The molecule has 0 atom stereocenters. The van der Waals surface area contributed by atoms with Gasteiger partial charge in [-0.05, 0) is 13.3 Å². The van der Waals surface area contributed by atoms with Crippen molar-refractivity contribution in [1.82, 2.24) is 0 Å². The normalized spacial score (nSPS) is 10.7. The second kappa shape index (κ2) is 3.42. The van der Waals surface area contributed by atoms with Gasteiger partial charge in [-0.1, -0.05) is 12.5 Å². The number of allylic oxidation sites excluding steroid dienone is 2. The Morgan fingerprint density at radius 3 is 2.57 bits per heavy atom. The highest BCUT2D eigenvalue weighted by molar-refractivity contribution is 5.10. The van der Waals surface area contributed by atoms with Gasteiger partial charge in [0, 0.05) is 6.08 Å². The van der Waals surface area contributed by atoms with E-state index in [0.717, 1.165) is 12.0 Å². The Morgan fingerprint density at radius 2 is 2.43 bits per heavy atom. The Labute approximate surface area is 44.3 Å². The fraction of sp³-hybridized carbons (Fsp3) is 0.500. The largest absolute Gasteiger partial charge is 0.193 e. The van der Waals surface area contributed by atoms with Crippen molar-refractivity contribution in [3.8, 4) is 6.07 Å². The highest BCUT2D eigenvalue weighted by Gasteiger charge is 1.76. The third-order valence-electron chi connectivity index (χ3n) is 0.869. The summed E-state index contributed by atoms with van der Waals surface area (Å²) in [6.45, 7) is 3.98. The Morgan fingerprint density at radius 1 is 1.86 bits per heavy atom. The van der Waals surface area contributed by atoms with Crippen molar-refractivity contribution >= 4 is 0 Å². The minimum absolute atomic E-state index is 0.980. The van der Waals surface area contributed by atoms with Crippen LogP contribution in [0.3, 0.4) is 0 Å². The van der Waals surface area contributed by atoms with Crippen LogP contribution in [0.4, 0.5) is 0 Å². The molecular formula is C6H9N. The zero-order chi connectivity index (χ0) is 5.70. The van der Waals surface area contributed by atoms with Crippen molar-refractivity contribution in [2.45, 2.75) is 20.3 Å². The zero-order valence-electron chi connectivity index (χ0n) is 4.73. The van der Waals surface area contributed by atoms with E-state index >= 15 is 0 Å². The van der Waals surface area contributed by atoms with Crippen LogP contribution in [-0.2, 0) is 0 Å². The van der Waals surface area contributed by atoms with E-state index in [0.29, 0.717) is 0 Å². The minimum atomic E-state index is 0.980. The van der Waals surface area contributed by atoms with Gasteiger partial charge in [0.1, 0.15) is 0 Å². The molecule has 0 aromatic rings. The van der Waals surface area contributed by atoms with Crippen LogP contribution in [0, 0.1) is 11.3 Å². The summed E-state index contributed by atoms with van der Waals surface area (Å²) >= 11 is 0. The van der Waals surface area contributed by atoms with Gasteiger partial charge < -0.3 is 0 Å². The lowest BCUT2D eigenvalue weighted by Crippen LogP contribution is -1.65. The Kier molecular flexibility index (Phi) is 3.04. The molecule has 0 saturated carbocycles. The summed E-state index contributed by atoms with van der Waals surface area (Å²) in [5.41, 5.74) is 1.14. The van der Waals surface area contributed by atoms with Gasteiger partial charge in [-0.25, -0.2) is 0 Å². The first-order valence-electron chi connectivity index (χ1n) is 2.36. The van der Waals surface area contributed by atoms with E-state index in [1.54, 1.807) is 6.08 Å². The van der Waals surface area contributed by atoms with Crippen LogP contribution < -0.4 is 0 Å². The molecule has 0 amide bonds. The molecule has 0 aliphatic rings. The van der Waals surface area contributed by atoms with Crippen molar-refractivity contribution < 1.29 is 0 Å². The molecule has 0 bridgehead atoms. The first-order valence-corrected chi connectivity index (χ1v) is 2.36. The highest BCUT2D eigenvalue weighted by Crippen LogP contribution is 1.94. The number of hydrogen-bond acceptors (Lipinski definition) is 1. The quantitative estimate of drug-likeness (QED) is 0.456. The number of nitriles is 1. The van der Waals surface area contributed by atoms with Gasteiger partial charge >= 0.3 is 0 Å². The molecule has 0 radical (unpaired) electrons. The van der Waals surface area contributed by atoms with Crippen molar-refractivity contribution in [3.05, 3.63) is 11.6 Å². The van der Waals surface area contributed by atoms with Crippen molar-refractivity contribution in [2.75, 3.05) is 0 Å². The summed E-state index contributed by atoms with van der Waals surface area (Å²) in [7, 11) is 0. The fourth-order valence-corrected chi connectivity index (χ4v) is 0.212. The van der Waals surface area contributed by atoms with Crippen LogP contribution >= 0.6 is 0 Å². The first-order chi connectivity index (χ1) is 3.31. The lowest BCUT2D eigenvalue weighted by Gasteiger charge is -1.83. The maximum Gasteiger partial charge on any atom is 0.0911 e. The SMILES string of the molecule is CCC(C)=CC#N. The number of hydrogen-bond donors (Lipinski definition) is 0. The van der Waals surface area contributed by atoms with Gasteiger partial charge in [0.15, 0.2) is 0 Å². The topological polar surface area (TPSA) is 23.8 Å². The summed E-state index contributed by atoms with van der Waals surface area (Å²) in [4.78, 5) is 0. The molecular weight excluding hydrogens is 86.1 g/mol. The summed E-state index contributed by atoms with van der Waals surface area (Å²) in [5, 5.41) is 8.04. The third-order valence-corrected chi connectivity index (χ3v) is 0.869. The molecule has 0 aromatic heterocycles. The predicted molar refractivity (Wildman–Crippen MR) is 29.7 cm³/mol.